The number of hydrogen-bond acceptors (Lipinski definition) is 1. The predicted octanol–water partition coefficient (Wildman–Crippen LogP) is 4.13. The molecular weight excluding hydrogens is 261 g/mol. The molecule has 1 nitrogen and oxygen atoms in total. The molecule has 2 aromatic rings. The Morgan fingerprint density at radius 3 is 2.67 bits per heavy atom. The molecule has 0 spiro atoms. The molecule has 3 rings (SSSR count). The fraction of sp³-hybridized carbons (Fsp3) is 0.368. The van der Waals surface area contributed by atoms with Crippen LogP contribution in [0.2, 0.25) is 0 Å². The van der Waals surface area contributed by atoms with Gasteiger partial charge in [0.05, 0.1) is 0 Å². The van der Waals surface area contributed by atoms with Gasteiger partial charge in [-0.1, -0.05) is 24.3 Å². The van der Waals surface area contributed by atoms with E-state index < -0.39 is 0 Å². The SMILES string of the molecule is CNC(Cc1ccc2c(c1)CCC2)c1ccc(F)cc1C. The Morgan fingerprint density at radius 2 is 1.90 bits per heavy atom. The van der Waals surface area contributed by atoms with E-state index in [9.17, 15) is 4.39 Å². The van der Waals surface area contributed by atoms with Crippen LogP contribution in [-0.4, -0.2) is 7.05 Å². The number of rotatable bonds is 4. The van der Waals surface area contributed by atoms with Crippen molar-refractivity contribution >= 4 is 0 Å². The van der Waals surface area contributed by atoms with E-state index in [1.807, 2.05) is 20.0 Å². The van der Waals surface area contributed by atoms with E-state index in [1.54, 1.807) is 12.1 Å². The standard InChI is InChI=1S/C19H22FN/c1-13-10-17(20)8-9-18(13)19(21-2)12-14-6-7-15-4-3-5-16(15)11-14/h6-11,19,21H,3-5,12H2,1-2H3. The molecule has 1 aliphatic carbocycles. The van der Waals surface area contributed by atoms with E-state index in [1.165, 1.54) is 41.5 Å². The first-order chi connectivity index (χ1) is 10.2. The maximum absolute atomic E-state index is 13.3. The first-order valence-electron chi connectivity index (χ1n) is 7.71. The van der Waals surface area contributed by atoms with Crippen molar-refractivity contribution in [1.29, 1.82) is 0 Å². The maximum atomic E-state index is 13.3. The molecular formula is C19H22FN. The molecule has 0 amide bonds. The molecule has 1 N–H and O–H groups in total. The molecule has 1 atom stereocenters. The van der Waals surface area contributed by atoms with Crippen molar-refractivity contribution < 1.29 is 4.39 Å². The molecule has 0 aromatic heterocycles. The van der Waals surface area contributed by atoms with Crippen molar-refractivity contribution in [2.45, 2.75) is 38.6 Å². The van der Waals surface area contributed by atoms with Crippen LogP contribution in [0.15, 0.2) is 36.4 Å². The minimum absolute atomic E-state index is 0.163. The number of likely N-dealkylation sites (N-methyl/N-ethyl adjacent to an activating group) is 1. The summed E-state index contributed by atoms with van der Waals surface area (Å²) in [6.07, 6.45) is 4.66. The van der Waals surface area contributed by atoms with Crippen LogP contribution in [0.1, 0.15) is 40.3 Å². The zero-order chi connectivity index (χ0) is 14.8. The van der Waals surface area contributed by atoms with E-state index >= 15 is 0 Å². The lowest BCUT2D eigenvalue weighted by atomic mass is 9.94. The van der Waals surface area contributed by atoms with Gasteiger partial charge in [0.15, 0.2) is 0 Å². The normalized spacial score (nSPS) is 15.0. The van der Waals surface area contributed by atoms with Crippen molar-refractivity contribution in [2.75, 3.05) is 7.05 Å². The summed E-state index contributed by atoms with van der Waals surface area (Å²) in [6.45, 7) is 1.98. The fourth-order valence-electron chi connectivity index (χ4n) is 3.39. The highest BCUT2D eigenvalue weighted by molar-refractivity contribution is 5.37. The highest BCUT2D eigenvalue weighted by Crippen LogP contribution is 2.26. The van der Waals surface area contributed by atoms with Crippen molar-refractivity contribution in [1.82, 2.24) is 5.32 Å². The second kappa shape index (κ2) is 5.98. The van der Waals surface area contributed by atoms with Crippen LogP contribution in [0, 0.1) is 12.7 Å². The van der Waals surface area contributed by atoms with Crippen LogP contribution >= 0.6 is 0 Å². The number of aryl methyl sites for hydroxylation is 3. The van der Waals surface area contributed by atoms with Crippen LogP contribution in [-0.2, 0) is 19.3 Å². The minimum Gasteiger partial charge on any atom is -0.313 e. The molecule has 2 heteroatoms. The molecule has 0 heterocycles. The lowest BCUT2D eigenvalue weighted by Gasteiger charge is -2.19. The highest BCUT2D eigenvalue weighted by atomic mass is 19.1. The quantitative estimate of drug-likeness (QED) is 0.889. The molecule has 1 unspecified atom stereocenters. The number of fused-ring (bicyclic) bond motifs is 1. The topological polar surface area (TPSA) is 12.0 Å². The molecule has 110 valence electrons. The highest BCUT2D eigenvalue weighted by Gasteiger charge is 2.15. The smallest absolute Gasteiger partial charge is 0.123 e. The Kier molecular flexibility index (Phi) is 4.07. The largest absolute Gasteiger partial charge is 0.313 e. The van der Waals surface area contributed by atoms with E-state index in [0.717, 1.165) is 12.0 Å². The summed E-state index contributed by atoms with van der Waals surface area (Å²) in [5.41, 5.74) is 6.57. The van der Waals surface area contributed by atoms with Gasteiger partial charge in [0.1, 0.15) is 5.82 Å². The molecule has 0 bridgehead atoms. The summed E-state index contributed by atoms with van der Waals surface area (Å²) in [5.74, 6) is -0.163. The average molecular weight is 283 g/mol. The third kappa shape index (κ3) is 3.01. The summed E-state index contributed by atoms with van der Waals surface area (Å²) < 4.78 is 13.3. The van der Waals surface area contributed by atoms with E-state index in [2.05, 4.69) is 23.5 Å². The van der Waals surface area contributed by atoms with Crippen molar-refractivity contribution in [3.05, 3.63) is 70.0 Å². The third-order valence-corrected chi connectivity index (χ3v) is 4.56. The van der Waals surface area contributed by atoms with Crippen molar-refractivity contribution in [3.8, 4) is 0 Å². The van der Waals surface area contributed by atoms with Gasteiger partial charge in [-0.2, -0.15) is 0 Å². The van der Waals surface area contributed by atoms with Gasteiger partial charge in [0, 0.05) is 6.04 Å². The zero-order valence-electron chi connectivity index (χ0n) is 12.7. The molecule has 0 fully saturated rings. The number of benzene rings is 2. The van der Waals surface area contributed by atoms with Crippen LogP contribution in [0.5, 0.6) is 0 Å². The number of halogens is 1. The molecule has 1 aliphatic rings. The second-order valence-corrected chi connectivity index (χ2v) is 6.00. The van der Waals surface area contributed by atoms with Gasteiger partial charge in [-0.15, -0.1) is 0 Å². The monoisotopic (exact) mass is 283 g/mol. The van der Waals surface area contributed by atoms with Crippen LogP contribution in [0.3, 0.4) is 0 Å². The van der Waals surface area contributed by atoms with Gasteiger partial charge in [-0.25, -0.2) is 4.39 Å². The average Bonchev–Trinajstić information content (AvgIpc) is 2.93. The lowest BCUT2D eigenvalue weighted by molar-refractivity contribution is 0.582. The molecule has 0 saturated heterocycles. The van der Waals surface area contributed by atoms with Crippen molar-refractivity contribution in [3.63, 3.8) is 0 Å². The van der Waals surface area contributed by atoms with E-state index in [-0.39, 0.29) is 11.9 Å². The summed E-state index contributed by atoms with van der Waals surface area (Å²) in [5, 5.41) is 3.37. The van der Waals surface area contributed by atoms with Crippen LogP contribution < -0.4 is 5.32 Å². The van der Waals surface area contributed by atoms with E-state index in [4.69, 9.17) is 0 Å². The van der Waals surface area contributed by atoms with Gasteiger partial charge in [-0.3, -0.25) is 0 Å². The minimum atomic E-state index is -0.163. The Hall–Kier alpha value is -1.67. The van der Waals surface area contributed by atoms with Gasteiger partial charge < -0.3 is 5.32 Å². The van der Waals surface area contributed by atoms with Crippen LogP contribution in [0.25, 0.3) is 0 Å². The summed E-state index contributed by atoms with van der Waals surface area (Å²) >= 11 is 0. The van der Waals surface area contributed by atoms with E-state index in [0.29, 0.717) is 0 Å². The summed E-state index contributed by atoms with van der Waals surface area (Å²) in [4.78, 5) is 0. The van der Waals surface area contributed by atoms with Crippen LogP contribution in [0.4, 0.5) is 4.39 Å². The zero-order valence-corrected chi connectivity index (χ0v) is 12.7. The molecule has 0 saturated carbocycles. The molecule has 2 aromatic carbocycles. The Morgan fingerprint density at radius 1 is 1.10 bits per heavy atom. The number of nitrogens with one attached hydrogen (secondary N) is 1. The molecule has 0 aliphatic heterocycles. The predicted molar refractivity (Wildman–Crippen MR) is 85.1 cm³/mol. The number of hydrogen-bond donors (Lipinski definition) is 1. The Balaban J connectivity index is 1.84. The van der Waals surface area contributed by atoms with Gasteiger partial charge in [-0.05, 0) is 79.6 Å². The summed E-state index contributed by atoms with van der Waals surface area (Å²) in [6, 6.07) is 12.2. The lowest BCUT2D eigenvalue weighted by Crippen LogP contribution is -2.20. The first kappa shape index (κ1) is 14.3. The molecule has 21 heavy (non-hydrogen) atoms. The van der Waals surface area contributed by atoms with Gasteiger partial charge in [0.2, 0.25) is 0 Å². The summed E-state index contributed by atoms with van der Waals surface area (Å²) in [7, 11) is 1.97. The fourth-order valence-corrected chi connectivity index (χ4v) is 3.39. The first-order valence-corrected chi connectivity index (χ1v) is 7.71. The van der Waals surface area contributed by atoms with Gasteiger partial charge in [0.25, 0.3) is 0 Å². The van der Waals surface area contributed by atoms with Crippen molar-refractivity contribution in [2.24, 2.45) is 0 Å². The maximum Gasteiger partial charge on any atom is 0.123 e. The second-order valence-electron chi connectivity index (χ2n) is 6.00. The van der Waals surface area contributed by atoms with Gasteiger partial charge >= 0.3 is 0 Å². The Labute approximate surface area is 126 Å². The Bertz CT molecular complexity index is 648. The third-order valence-electron chi connectivity index (χ3n) is 4.56. The molecule has 0 radical (unpaired) electrons.